The molecule has 0 spiro atoms. The quantitative estimate of drug-likeness (QED) is 0.348. The number of carboxylic acid groups (broad SMARTS) is 1. The summed E-state index contributed by atoms with van der Waals surface area (Å²) in [5.74, 6) is -0.100. The Bertz CT molecular complexity index is 1230. The van der Waals surface area contributed by atoms with Gasteiger partial charge in [0.1, 0.15) is 29.3 Å². The molecule has 9 heteroatoms. The first kappa shape index (κ1) is 22.6. The SMILES string of the molecule is [C-]#[N+]c1c(N)nc(SCc2cccc(C(=O)O)c2)c(C#N)c1-c1ccc(OCCO)cc1. The number of nitrogens with two attached hydrogens (primary N) is 1. The zero-order valence-electron chi connectivity index (χ0n) is 16.8. The molecule has 1 aromatic heterocycles. The topological polar surface area (TPSA) is 134 Å². The number of nitrogen functional groups attached to an aromatic ring is 1. The molecule has 160 valence electrons. The van der Waals surface area contributed by atoms with Crippen LogP contribution in [0.4, 0.5) is 11.5 Å². The van der Waals surface area contributed by atoms with Gasteiger partial charge in [0.25, 0.3) is 0 Å². The van der Waals surface area contributed by atoms with Crippen LogP contribution in [0.15, 0.2) is 53.6 Å². The van der Waals surface area contributed by atoms with Crippen molar-refractivity contribution in [3.05, 3.63) is 76.6 Å². The lowest BCUT2D eigenvalue weighted by Crippen LogP contribution is -2.02. The highest BCUT2D eigenvalue weighted by Crippen LogP contribution is 2.42. The van der Waals surface area contributed by atoms with E-state index in [0.717, 1.165) is 5.56 Å². The number of aliphatic hydroxyl groups excluding tert-OH is 1. The lowest BCUT2D eigenvalue weighted by Gasteiger charge is -2.14. The third-order valence-electron chi connectivity index (χ3n) is 4.44. The van der Waals surface area contributed by atoms with E-state index in [2.05, 4.69) is 15.9 Å². The second-order valence-electron chi connectivity index (χ2n) is 6.52. The van der Waals surface area contributed by atoms with E-state index >= 15 is 0 Å². The van der Waals surface area contributed by atoms with E-state index in [1.807, 2.05) is 0 Å². The van der Waals surface area contributed by atoms with Crippen LogP contribution >= 0.6 is 11.8 Å². The highest BCUT2D eigenvalue weighted by Gasteiger charge is 2.21. The Balaban J connectivity index is 1.99. The number of thioether (sulfide) groups is 1. The van der Waals surface area contributed by atoms with Crippen LogP contribution in [0.25, 0.3) is 16.0 Å². The number of rotatable bonds is 8. The van der Waals surface area contributed by atoms with Gasteiger partial charge in [-0.2, -0.15) is 5.26 Å². The van der Waals surface area contributed by atoms with Crippen molar-refractivity contribution in [3.8, 4) is 22.9 Å². The van der Waals surface area contributed by atoms with Gasteiger partial charge in [-0.25, -0.2) is 14.6 Å². The molecule has 32 heavy (non-hydrogen) atoms. The number of aromatic nitrogens is 1. The third-order valence-corrected chi connectivity index (χ3v) is 5.49. The summed E-state index contributed by atoms with van der Waals surface area (Å²) in [7, 11) is 0. The van der Waals surface area contributed by atoms with Gasteiger partial charge < -0.3 is 20.7 Å². The Hall–Kier alpha value is -4.05. The average molecular weight is 446 g/mol. The van der Waals surface area contributed by atoms with Gasteiger partial charge in [0.15, 0.2) is 0 Å². The first-order valence-corrected chi connectivity index (χ1v) is 10.4. The molecule has 2 aromatic carbocycles. The largest absolute Gasteiger partial charge is 0.491 e. The van der Waals surface area contributed by atoms with E-state index < -0.39 is 5.97 Å². The average Bonchev–Trinajstić information content (AvgIpc) is 2.81. The Morgan fingerprint density at radius 3 is 2.66 bits per heavy atom. The Morgan fingerprint density at radius 1 is 1.28 bits per heavy atom. The van der Waals surface area contributed by atoms with Crippen molar-refractivity contribution in [1.29, 1.82) is 5.26 Å². The van der Waals surface area contributed by atoms with Gasteiger partial charge in [-0.15, -0.1) is 11.8 Å². The normalized spacial score (nSPS) is 10.2. The van der Waals surface area contributed by atoms with Crippen LogP contribution in [0.2, 0.25) is 0 Å². The number of anilines is 1. The van der Waals surface area contributed by atoms with Gasteiger partial charge in [0.2, 0.25) is 5.69 Å². The monoisotopic (exact) mass is 446 g/mol. The zero-order chi connectivity index (χ0) is 23.1. The summed E-state index contributed by atoms with van der Waals surface area (Å²) < 4.78 is 5.36. The second kappa shape index (κ2) is 10.3. The summed E-state index contributed by atoms with van der Waals surface area (Å²) in [6.45, 7) is 7.57. The number of benzene rings is 2. The zero-order valence-corrected chi connectivity index (χ0v) is 17.6. The highest BCUT2D eigenvalue weighted by atomic mass is 32.2. The predicted octanol–water partition coefficient (Wildman–Crippen LogP) is 4.11. The molecule has 0 unspecified atom stereocenters. The van der Waals surface area contributed by atoms with Crippen molar-refractivity contribution < 1.29 is 19.7 Å². The first-order chi connectivity index (χ1) is 15.5. The van der Waals surface area contributed by atoms with Crippen molar-refractivity contribution in [2.24, 2.45) is 0 Å². The molecule has 3 aromatic rings. The number of nitrogens with zero attached hydrogens (tertiary/aromatic N) is 3. The number of carboxylic acids is 1. The maximum absolute atomic E-state index is 11.2. The van der Waals surface area contributed by atoms with E-state index in [4.69, 9.17) is 22.1 Å². The van der Waals surface area contributed by atoms with Crippen LogP contribution in [-0.4, -0.2) is 34.4 Å². The number of hydrogen-bond acceptors (Lipinski definition) is 7. The standard InChI is InChI=1S/C23H18N4O4S/c1-26-20-19(15-5-7-17(8-6-15)31-10-9-28)18(12-24)22(27-21(20)25)32-13-14-3-2-4-16(11-14)23(29)30/h2-8,11,28H,9-10,13H2,(H2,25,27)(H,29,30). The maximum atomic E-state index is 11.2. The van der Waals surface area contributed by atoms with E-state index in [-0.39, 0.29) is 35.8 Å². The Kier molecular flexibility index (Phi) is 7.29. The summed E-state index contributed by atoms with van der Waals surface area (Å²) in [6.07, 6.45) is 0. The number of pyridine rings is 1. The fraction of sp³-hybridized carbons (Fsp3) is 0.130. The number of nitriles is 1. The lowest BCUT2D eigenvalue weighted by molar-refractivity contribution is 0.0696. The van der Waals surface area contributed by atoms with Gasteiger partial charge in [-0.1, -0.05) is 24.3 Å². The predicted molar refractivity (Wildman–Crippen MR) is 121 cm³/mol. The number of hydrogen-bond donors (Lipinski definition) is 3. The van der Waals surface area contributed by atoms with Crippen molar-refractivity contribution in [2.45, 2.75) is 10.8 Å². The van der Waals surface area contributed by atoms with Crippen LogP contribution in [0.5, 0.6) is 5.75 Å². The summed E-state index contributed by atoms with van der Waals surface area (Å²) in [4.78, 5) is 19.0. The molecule has 0 bridgehead atoms. The molecule has 1 heterocycles. The van der Waals surface area contributed by atoms with Gasteiger partial charge in [-0.3, -0.25) is 0 Å². The summed E-state index contributed by atoms with van der Waals surface area (Å²) in [5.41, 5.74) is 8.25. The number of ether oxygens (including phenoxy) is 1. The molecule has 0 radical (unpaired) electrons. The highest BCUT2D eigenvalue weighted by molar-refractivity contribution is 7.98. The molecule has 0 fully saturated rings. The molecule has 0 saturated heterocycles. The molecule has 0 aliphatic heterocycles. The number of carbonyl (C=O) groups is 1. The Morgan fingerprint density at radius 2 is 2.03 bits per heavy atom. The molecule has 0 atom stereocenters. The summed E-state index contributed by atoms with van der Waals surface area (Å²) in [5, 5.41) is 28.3. The van der Waals surface area contributed by atoms with E-state index in [0.29, 0.717) is 27.7 Å². The van der Waals surface area contributed by atoms with E-state index in [1.54, 1.807) is 42.5 Å². The minimum absolute atomic E-state index is 0.0105. The van der Waals surface area contributed by atoms with Gasteiger partial charge in [0.05, 0.1) is 24.3 Å². The molecular weight excluding hydrogens is 428 g/mol. The lowest BCUT2D eigenvalue weighted by atomic mass is 10.00. The van der Waals surface area contributed by atoms with Crippen LogP contribution < -0.4 is 10.5 Å². The van der Waals surface area contributed by atoms with Crippen molar-refractivity contribution >= 4 is 29.2 Å². The number of aliphatic hydroxyl groups is 1. The fourth-order valence-electron chi connectivity index (χ4n) is 3.00. The van der Waals surface area contributed by atoms with Gasteiger partial charge >= 0.3 is 5.97 Å². The van der Waals surface area contributed by atoms with E-state index in [9.17, 15) is 15.2 Å². The first-order valence-electron chi connectivity index (χ1n) is 9.38. The minimum atomic E-state index is -1.02. The van der Waals surface area contributed by atoms with Gasteiger partial charge in [0, 0.05) is 11.3 Å². The molecule has 0 amide bonds. The van der Waals surface area contributed by atoms with Crippen molar-refractivity contribution in [1.82, 2.24) is 4.98 Å². The minimum Gasteiger partial charge on any atom is -0.491 e. The maximum Gasteiger partial charge on any atom is 0.335 e. The smallest absolute Gasteiger partial charge is 0.335 e. The van der Waals surface area contributed by atoms with Crippen LogP contribution in [0.1, 0.15) is 21.5 Å². The fourth-order valence-corrected chi connectivity index (χ4v) is 3.94. The molecule has 0 aliphatic rings. The van der Waals surface area contributed by atoms with Gasteiger partial charge in [-0.05, 0) is 35.4 Å². The second-order valence-corrected chi connectivity index (χ2v) is 7.48. The summed E-state index contributed by atoms with van der Waals surface area (Å²) in [6, 6.07) is 15.4. The molecular formula is C23H18N4O4S. The molecule has 0 saturated carbocycles. The van der Waals surface area contributed by atoms with Crippen molar-refractivity contribution in [2.75, 3.05) is 18.9 Å². The molecule has 0 aliphatic carbocycles. The third kappa shape index (κ3) is 4.98. The van der Waals surface area contributed by atoms with Crippen LogP contribution in [0.3, 0.4) is 0 Å². The molecule has 8 nitrogen and oxygen atoms in total. The van der Waals surface area contributed by atoms with Crippen LogP contribution in [-0.2, 0) is 5.75 Å². The summed E-state index contributed by atoms with van der Waals surface area (Å²) >= 11 is 1.24. The molecule has 4 N–H and O–H groups in total. The van der Waals surface area contributed by atoms with Crippen LogP contribution in [0, 0.1) is 17.9 Å². The van der Waals surface area contributed by atoms with E-state index in [1.165, 1.54) is 17.8 Å². The number of aromatic carboxylic acids is 1. The Labute approximate surface area is 188 Å². The van der Waals surface area contributed by atoms with Crippen molar-refractivity contribution in [3.63, 3.8) is 0 Å². The molecule has 3 rings (SSSR count).